The summed E-state index contributed by atoms with van der Waals surface area (Å²) in [6.07, 6.45) is -1.32. The molecule has 4 rings (SSSR count). The van der Waals surface area contributed by atoms with E-state index in [1.165, 1.54) is 11.8 Å². The van der Waals surface area contributed by atoms with Gasteiger partial charge in [-0.3, -0.25) is 9.59 Å². The number of fused-ring (bicyclic) bond motifs is 3. The lowest BCUT2D eigenvalue weighted by Gasteiger charge is -2.33. The molecule has 0 saturated carbocycles. The summed E-state index contributed by atoms with van der Waals surface area (Å²) in [4.78, 5) is 37.5. The number of nitrogens with zero attached hydrogens (tertiary/aromatic N) is 1. The molecule has 1 aliphatic carbocycles. The largest absolute Gasteiger partial charge is 0.481 e. The summed E-state index contributed by atoms with van der Waals surface area (Å²) in [5.41, 5.74) is 4.34. The molecule has 2 atom stereocenters. The van der Waals surface area contributed by atoms with Crippen LogP contribution in [0, 0.1) is 0 Å². The molecule has 0 bridgehead atoms. The molecule has 1 aliphatic heterocycles. The standard InChI is InChI=1S/C24H26N2O7S/c1-15(23(29)26-10-11-34(31,32)16(13-26)12-22(27)28)25-24(30)33-14-21-19-8-4-2-6-17(19)18-7-3-5-9-20(18)21/h2-9,15-16,21H,10-14H2,1H3,(H,25,30)(H,27,28)/t15-,16?/m1/s1. The van der Waals surface area contributed by atoms with Gasteiger partial charge in [-0.05, 0) is 29.2 Å². The molecule has 2 aliphatic rings. The lowest BCUT2D eigenvalue weighted by atomic mass is 9.98. The van der Waals surface area contributed by atoms with Gasteiger partial charge in [0.1, 0.15) is 12.6 Å². The number of carbonyl (C=O) groups is 3. The number of carbonyl (C=O) groups excluding carboxylic acids is 2. The van der Waals surface area contributed by atoms with Crippen molar-refractivity contribution in [1.29, 1.82) is 0 Å². The van der Waals surface area contributed by atoms with E-state index in [9.17, 15) is 22.8 Å². The van der Waals surface area contributed by atoms with Gasteiger partial charge < -0.3 is 20.1 Å². The molecule has 0 aromatic heterocycles. The number of benzene rings is 2. The highest BCUT2D eigenvalue weighted by atomic mass is 32.2. The van der Waals surface area contributed by atoms with Gasteiger partial charge in [0.25, 0.3) is 0 Å². The van der Waals surface area contributed by atoms with Crippen LogP contribution < -0.4 is 5.32 Å². The maximum absolute atomic E-state index is 12.8. The molecule has 2 aromatic carbocycles. The fourth-order valence-corrected chi connectivity index (χ4v) is 6.21. The summed E-state index contributed by atoms with van der Waals surface area (Å²) >= 11 is 0. The van der Waals surface area contributed by atoms with Crippen LogP contribution in [0.2, 0.25) is 0 Å². The number of amides is 2. The summed E-state index contributed by atoms with van der Waals surface area (Å²) in [5.74, 6) is -2.16. The molecule has 180 valence electrons. The Kier molecular flexibility index (Phi) is 6.60. The highest BCUT2D eigenvalue weighted by Gasteiger charge is 2.37. The van der Waals surface area contributed by atoms with E-state index in [0.29, 0.717) is 0 Å². The van der Waals surface area contributed by atoms with E-state index in [2.05, 4.69) is 5.32 Å². The van der Waals surface area contributed by atoms with Crippen molar-refractivity contribution in [3.63, 3.8) is 0 Å². The first-order valence-electron chi connectivity index (χ1n) is 11.0. The molecule has 1 fully saturated rings. The Labute approximate surface area is 197 Å². The number of carboxylic acid groups (broad SMARTS) is 1. The first-order chi connectivity index (χ1) is 16.2. The lowest BCUT2D eigenvalue weighted by Crippen LogP contribution is -2.55. The number of carboxylic acids is 1. The molecule has 1 heterocycles. The molecule has 0 spiro atoms. The smallest absolute Gasteiger partial charge is 0.407 e. The van der Waals surface area contributed by atoms with Gasteiger partial charge in [0.05, 0.1) is 17.4 Å². The monoisotopic (exact) mass is 486 g/mol. The molecule has 1 saturated heterocycles. The van der Waals surface area contributed by atoms with Crippen molar-refractivity contribution in [1.82, 2.24) is 10.2 Å². The van der Waals surface area contributed by atoms with Crippen LogP contribution >= 0.6 is 0 Å². The third kappa shape index (κ3) is 4.77. The van der Waals surface area contributed by atoms with E-state index in [0.717, 1.165) is 22.3 Å². The molecule has 2 aromatic rings. The molecule has 2 N–H and O–H groups in total. The highest BCUT2D eigenvalue weighted by molar-refractivity contribution is 7.92. The number of sulfone groups is 1. The van der Waals surface area contributed by atoms with Gasteiger partial charge in [-0.25, -0.2) is 13.2 Å². The van der Waals surface area contributed by atoms with Gasteiger partial charge in [0.2, 0.25) is 5.91 Å². The van der Waals surface area contributed by atoms with E-state index in [1.54, 1.807) is 0 Å². The second-order valence-electron chi connectivity index (χ2n) is 8.56. The molecule has 9 nitrogen and oxygen atoms in total. The Morgan fingerprint density at radius 2 is 1.68 bits per heavy atom. The zero-order valence-corrected chi connectivity index (χ0v) is 19.5. The zero-order valence-electron chi connectivity index (χ0n) is 18.6. The van der Waals surface area contributed by atoms with Gasteiger partial charge in [-0.1, -0.05) is 48.5 Å². The normalized spacial score (nSPS) is 19.6. The number of rotatable bonds is 6. The maximum atomic E-state index is 12.8. The van der Waals surface area contributed by atoms with E-state index in [1.807, 2.05) is 48.5 Å². The average Bonchev–Trinajstić information content (AvgIpc) is 3.12. The summed E-state index contributed by atoms with van der Waals surface area (Å²) in [5, 5.41) is 10.3. The number of hydrogen-bond acceptors (Lipinski definition) is 6. The maximum Gasteiger partial charge on any atom is 0.407 e. The van der Waals surface area contributed by atoms with Crippen LogP contribution in [0.4, 0.5) is 4.79 Å². The molecule has 0 radical (unpaired) electrons. The van der Waals surface area contributed by atoms with Crippen molar-refractivity contribution in [2.45, 2.75) is 30.6 Å². The zero-order chi connectivity index (χ0) is 24.5. The second kappa shape index (κ2) is 9.46. The Hall–Kier alpha value is -3.40. The first kappa shape index (κ1) is 23.7. The van der Waals surface area contributed by atoms with Gasteiger partial charge in [0, 0.05) is 19.0 Å². The lowest BCUT2D eigenvalue weighted by molar-refractivity contribution is -0.138. The van der Waals surface area contributed by atoms with Crippen LogP contribution in [-0.2, 0) is 24.2 Å². The number of hydrogen-bond donors (Lipinski definition) is 2. The van der Waals surface area contributed by atoms with Crippen molar-refractivity contribution in [3.05, 3.63) is 59.7 Å². The van der Waals surface area contributed by atoms with Gasteiger partial charge >= 0.3 is 12.1 Å². The van der Waals surface area contributed by atoms with Crippen LogP contribution in [0.1, 0.15) is 30.4 Å². The van der Waals surface area contributed by atoms with Crippen LogP contribution in [0.3, 0.4) is 0 Å². The molecule has 34 heavy (non-hydrogen) atoms. The van der Waals surface area contributed by atoms with E-state index >= 15 is 0 Å². The second-order valence-corrected chi connectivity index (χ2v) is 11.0. The van der Waals surface area contributed by atoms with Crippen LogP contribution in [0.15, 0.2) is 48.5 Å². The van der Waals surface area contributed by atoms with E-state index in [4.69, 9.17) is 9.84 Å². The summed E-state index contributed by atoms with van der Waals surface area (Å²) in [7, 11) is -3.59. The van der Waals surface area contributed by atoms with E-state index in [-0.39, 0.29) is 31.4 Å². The van der Waals surface area contributed by atoms with Gasteiger partial charge in [-0.15, -0.1) is 0 Å². The Morgan fingerprint density at radius 1 is 1.09 bits per heavy atom. The fraction of sp³-hybridized carbons (Fsp3) is 0.375. The summed E-state index contributed by atoms with van der Waals surface area (Å²) in [6.45, 7) is 1.32. The summed E-state index contributed by atoms with van der Waals surface area (Å²) in [6, 6.07) is 14.9. The predicted molar refractivity (Wildman–Crippen MR) is 124 cm³/mol. The Balaban J connectivity index is 1.36. The first-order valence-corrected chi connectivity index (χ1v) is 12.7. The fourth-order valence-electron chi connectivity index (χ4n) is 4.59. The molecule has 2 amide bonds. The van der Waals surface area contributed by atoms with Crippen molar-refractivity contribution in [3.8, 4) is 11.1 Å². The minimum absolute atomic E-state index is 0.0476. The van der Waals surface area contributed by atoms with Crippen LogP contribution in [-0.4, -0.2) is 73.1 Å². The third-order valence-corrected chi connectivity index (χ3v) is 8.42. The van der Waals surface area contributed by atoms with Gasteiger partial charge in [0.15, 0.2) is 9.84 Å². The highest BCUT2D eigenvalue weighted by Crippen LogP contribution is 2.44. The summed E-state index contributed by atoms with van der Waals surface area (Å²) < 4.78 is 29.7. The number of nitrogens with one attached hydrogen (secondary N) is 1. The topological polar surface area (TPSA) is 130 Å². The number of ether oxygens (including phenoxy) is 1. The quantitative estimate of drug-likeness (QED) is 0.639. The van der Waals surface area contributed by atoms with Crippen LogP contribution in [0.5, 0.6) is 0 Å². The predicted octanol–water partition coefficient (Wildman–Crippen LogP) is 2.01. The third-order valence-electron chi connectivity index (χ3n) is 6.34. The van der Waals surface area contributed by atoms with Gasteiger partial charge in [-0.2, -0.15) is 0 Å². The molecular formula is C24H26N2O7S. The van der Waals surface area contributed by atoms with E-state index < -0.39 is 45.5 Å². The van der Waals surface area contributed by atoms with Crippen molar-refractivity contribution >= 4 is 27.8 Å². The van der Waals surface area contributed by atoms with Crippen molar-refractivity contribution in [2.75, 3.05) is 25.4 Å². The van der Waals surface area contributed by atoms with Crippen LogP contribution in [0.25, 0.3) is 11.1 Å². The minimum Gasteiger partial charge on any atom is -0.481 e. The number of aliphatic carboxylic acids is 1. The average molecular weight is 487 g/mol. The van der Waals surface area contributed by atoms with Crippen molar-refractivity contribution in [2.24, 2.45) is 0 Å². The number of alkyl carbamates (subject to hydrolysis) is 1. The minimum atomic E-state index is -3.59. The molecular weight excluding hydrogens is 460 g/mol. The SMILES string of the molecule is C[C@@H](NC(=O)OCC1c2ccccc2-c2ccccc21)C(=O)N1CCS(=O)(=O)C(CC(=O)O)C1. The molecule has 10 heteroatoms. The molecule has 1 unspecified atom stereocenters. The van der Waals surface area contributed by atoms with Crippen molar-refractivity contribution < 1.29 is 32.6 Å². The Morgan fingerprint density at radius 3 is 2.26 bits per heavy atom. The Bertz CT molecular complexity index is 1180.